The molecule has 1 unspecified atom stereocenters. The summed E-state index contributed by atoms with van der Waals surface area (Å²) in [5.41, 5.74) is -2.30. The van der Waals surface area contributed by atoms with Gasteiger partial charge >= 0.3 is 12.2 Å². The van der Waals surface area contributed by atoms with Gasteiger partial charge in [-0.1, -0.05) is 48.0 Å². The zero-order chi connectivity index (χ0) is 20.5. The normalized spacial score (nSPS) is 19.5. The van der Waals surface area contributed by atoms with Crippen LogP contribution < -0.4 is 15.5 Å². The van der Waals surface area contributed by atoms with E-state index in [1.165, 1.54) is 12.1 Å². The van der Waals surface area contributed by atoms with Crippen LogP contribution in [-0.4, -0.2) is 29.7 Å². The van der Waals surface area contributed by atoms with Crippen molar-refractivity contribution in [1.82, 2.24) is 10.6 Å². The van der Waals surface area contributed by atoms with Crippen molar-refractivity contribution in [2.45, 2.75) is 25.2 Å². The smallest absolute Gasteiger partial charge is 0.318 e. The lowest BCUT2D eigenvalue weighted by Gasteiger charge is -2.29. The molecule has 0 saturated carbocycles. The number of halogens is 3. The number of aryl methyl sites for hydroxylation is 1. The predicted octanol–water partition coefficient (Wildman–Crippen LogP) is 2.67. The van der Waals surface area contributed by atoms with Gasteiger partial charge in [-0.05, 0) is 24.6 Å². The second-order valence-corrected chi connectivity index (χ2v) is 6.36. The molecule has 1 aliphatic rings. The molecular formula is C19H16F3N3O3. The van der Waals surface area contributed by atoms with Gasteiger partial charge < -0.3 is 5.32 Å². The number of carbonyl (C=O) groups is 3. The Hall–Kier alpha value is -3.36. The molecule has 1 heterocycles. The van der Waals surface area contributed by atoms with Gasteiger partial charge in [-0.15, -0.1) is 0 Å². The molecular weight excluding hydrogens is 375 g/mol. The summed E-state index contributed by atoms with van der Waals surface area (Å²) >= 11 is 0. The van der Waals surface area contributed by atoms with Crippen molar-refractivity contribution >= 4 is 23.5 Å². The third-order valence-electron chi connectivity index (χ3n) is 4.27. The van der Waals surface area contributed by atoms with E-state index in [1.54, 1.807) is 60.0 Å². The van der Waals surface area contributed by atoms with Crippen molar-refractivity contribution in [3.63, 3.8) is 0 Å². The largest absolute Gasteiger partial charge is 0.440 e. The highest BCUT2D eigenvalue weighted by Gasteiger charge is 2.69. The molecule has 4 amide bonds. The number of urea groups is 1. The number of alkyl halides is 3. The van der Waals surface area contributed by atoms with E-state index in [2.05, 4.69) is 0 Å². The second kappa shape index (κ2) is 6.99. The van der Waals surface area contributed by atoms with Gasteiger partial charge in [-0.3, -0.25) is 14.9 Å². The summed E-state index contributed by atoms with van der Waals surface area (Å²) in [6, 6.07) is 12.6. The van der Waals surface area contributed by atoms with Gasteiger partial charge in [0.1, 0.15) is 0 Å². The van der Waals surface area contributed by atoms with Crippen LogP contribution in [-0.2, 0) is 16.0 Å². The standard InChI is InChI=1S/C19H16F3N3O3/c1-12-7-9-14(10-8-12)25-16(27)18(19(20,21)22,24-17(25)28)23-15(26)11-13-5-3-2-4-6-13/h2-10H,11H2,1H3,(H,23,26)(H,24,28). The molecule has 146 valence electrons. The van der Waals surface area contributed by atoms with Crippen LogP contribution in [0.3, 0.4) is 0 Å². The molecule has 0 aromatic heterocycles. The van der Waals surface area contributed by atoms with Crippen LogP contribution in [0.25, 0.3) is 0 Å². The molecule has 2 aromatic carbocycles. The average Bonchev–Trinajstić information content (AvgIpc) is 2.87. The molecule has 1 fully saturated rings. The molecule has 6 nitrogen and oxygen atoms in total. The van der Waals surface area contributed by atoms with Gasteiger partial charge in [-0.25, -0.2) is 9.69 Å². The molecule has 1 saturated heterocycles. The number of hydrogen-bond donors (Lipinski definition) is 2. The first-order chi connectivity index (χ1) is 13.1. The van der Waals surface area contributed by atoms with E-state index >= 15 is 0 Å². The van der Waals surface area contributed by atoms with Crippen molar-refractivity contribution in [2.75, 3.05) is 4.90 Å². The Morgan fingerprint density at radius 1 is 1.07 bits per heavy atom. The lowest BCUT2D eigenvalue weighted by atomic mass is 10.1. The minimum absolute atomic E-state index is 0.0310. The van der Waals surface area contributed by atoms with E-state index in [9.17, 15) is 27.6 Å². The van der Waals surface area contributed by atoms with Gasteiger partial charge in [0.2, 0.25) is 5.91 Å². The quantitative estimate of drug-likeness (QED) is 0.787. The van der Waals surface area contributed by atoms with Crippen LogP contribution in [0.15, 0.2) is 54.6 Å². The molecule has 2 N–H and O–H groups in total. The van der Waals surface area contributed by atoms with Gasteiger partial charge in [-0.2, -0.15) is 13.2 Å². The maximum atomic E-state index is 13.8. The molecule has 28 heavy (non-hydrogen) atoms. The lowest BCUT2D eigenvalue weighted by molar-refractivity contribution is -0.201. The number of carbonyl (C=O) groups excluding carboxylic acids is 3. The summed E-state index contributed by atoms with van der Waals surface area (Å²) < 4.78 is 41.4. The van der Waals surface area contributed by atoms with Crippen LogP contribution in [0.4, 0.5) is 23.7 Å². The summed E-state index contributed by atoms with van der Waals surface area (Å²) in [6.07, 6.45) is -5.63. The van der Waals surface area contributed by atoms with E-state index < -0.39 is 29.7 Å². The van der Waals surface area contributed by atoms with Crippen molar-refractivity contribution in [3.05, 3.63) is 65.7 Å². The first-order valence-electron chi connectivity index (χ1n) is 8.29. The van der Waals surface area contributed by atoms with Gasteiger partial charge in [0.15, 0.2) is 0 Å². The summed E-state index contributed by atoms with van der Waals surface area (Å²) in [5.74, 6) is -2.67. The zero-order valence-electron chi connectivity index (χ0n) is 14.7. The molecule has 2 aromatic rings. The molecule has 1 aliphatic heterocycles. The highest BCUT2D eigenvalue weighted by atomic mass is 19.4. The summed E-state index contributed by atoms with van der Waals surface area (Å²) in [7, 11) is 0. The Morgan fingerprint density at radius 2 is 1.68 bits per heavy atom. The van der Waals surface area contributed by atoms with Crippen molar-refractivity contribution in [2.24, 2.45) is 0 Å². The van der Waals surface area contributed by atoms with Crippen LogP contribution in [0.1, 0.15) is 11.1 Å². The maximum Gasteiger partial charge on any atom is 0.440 e. The zero-order valence-corrected chi connectivity index (χ0v) is 14.7. The topological polar surface area (TPSA) is 78.5 Å². The van der Waals surface area contributed by atoms with Crippen molar-refractivity contribution in [1.29, 1.82) is 0 Å². The number of hydrogen-bond acceptors (Lipinski definition) is 3. The van der Waals surface area contributed by atoms with Crippen LogP contribution in [0.2, 0.25) is 0 Å². The third-order valence-corrected chi connectivity index (χ3v) is 4.27. The van der Waals surface area contributed by atoms with Gasteiger partial charge in [0.25, 0.3) is 11.6 Å². The molecule has 1 atom stereocenters. The van der Waals surface area contributed by atoms with Crippen LogP contribution in [0, 0.1) is 6.92 Å². The van der Waals surface area contributed by atoms with Crippen molar-refractivity contribution < 1.29 is 27.6 Å². The second-order valence-electron chi connectivity index (χ2n) is 6.36. The Labute approximate surface area is 158 Å². The molecule has 3 rings (SSSR count). The number of amides is 4. The number of imide groups is 1. The first kappa shape index (κ1) is 19.4. The van der Waals surface area contributed by atoms with Gasteiger partial charge in [0, 0.05) is 0 Å². The Morgan fingerprint density at radius 3 is 2.25 bits per heavy atom. The molecule has 0 radical (unpaired) electrons. The molecule has 0 bridgehead atoms. The summed E-state index contributed by atoms with van der Waals surface area (Å²) in [5, 5.41) is 3.30. The maximum absolute atomic E-state index is 13.8. The molecule has 0 aliphatic carbocycles. The van der Waals surface area contributed by atoms with E-state index in [-0.39, 0.29) is 12.1 Å². The molecule has 9 heteroatoms. The number of rotatable bonds is 4. The number of benzene rings is 2. The fourth-order valence-electron chi connectivity index (χ4n) is 2.84. The molecule has 0 spiro atoms. The number of nitrogens with one attached hydrogen (secondary N) is 2. The average molecular weight is 391 g/mol. The van der Waals surface area contributed by atoms with E-state index in [0.29, 0.717) is 10.5 Å². The number of anilines is 1. The SMILES string of the molecule is Cc1ccc(N2C(=O)NC(NC(=O)Cc3ccccc3)(C(F)(F)F)C2=O)cc1. The highest BCUT2D eigenvalue weighted by Crippen LogP contribution is 2.35. The van der Waals surface area contributed by atoms with E-state index in [1.807, 2.05) is 0 Å². The predicted molar refractivity (Wildman–Crippen MR) is 94.3 cm³/mol. The van der Waals surface area contributed by atoms with E-state index in [4.69, 9.17) is 0 Å². The fraction of sp³-hybridized carbons (Fsp3) is 0.211. The summed E-state index contributed by atoms with van der Waals surface area (Å²) in [6.45, 7) is 1.75. The Bertz CT molecular complexity index is 914. The fourth-order valence-corrected chi connectivity index (χ4v) is 2.84. The van der Waals surface area contributed by atoms with E-state index in [0.717, 1.165) is 5.56 Å². The minimum atomic E-state index is -5.24. The summed E-state index contributed by atoms with van der Waals surface area (Å²) in [4.78, 5) is 37.5. The Balaban J connectivity index is 1.91. The number of nitrogens with zero attached hydrogens (tertiary/aromatic N) is 1. The third kappa shape index (κ3) is 3.42. The van der Waals surface area contributed by atoms with Gasteiger partial charge in [0.05, 0.1) is 12.1 Å². The first-order valence-corrected chi connectivity index (χ1v) is 8.29. The van der Waals surface area contributed by atoms with Crippen LogP contribution in [0.5, 0.6) is 0 Å². The van der Waals surface area contributed by atoms with Crippen LogP contribution >= 0.6 is 0 Å². The minimum Gasteiger partial charge on any atom is -0.318 e. The highest BCUT2D eigenvalue weighted by molar-refractivity contribution is 6.24. The lowest BCUT2D eigenvalue weighted by Crippen LogP contribution is -2.69. The monoisotopic (exact) mass is 391 g/mol. The van der Waals surface area contributed by atoms with Crippen molar-refractivity contribution in [3.8, 4) is 0 Å². The Kier molecular flexibility index (Phi) is 4.84.